The molecule has 1 saturated carbocycles. The highest BCUT2D eigenvalue weighted by Gasteiger charge is 2.25. The smallest absolute Gasteiger partial charge is 0.192 e. The lowest BCUT2D eigenvalue weighted by Crippen LogP contribution is -2.35. The van der Waals surface area contributed by atoms with Crippen molar-refractivity contribution >= 4 is 28.6 Å². The van der Waals surface area contributed by atoms with Crippen LogP contribution in [-0.2, 0) is 0 Å². The monoisotopic (exact) mass is 339 g/mol. The minimum absolute atomic E-state index is 0.00617. The summed E-state index contributed by atoms with van der Waals surface area (Å²) in [7, 11) is 2.06. The van der Waals surface area contributed by atoms with E-state index in [9.17, 15) is 0 Å². The second-order valence-corrected chi connectivity index (χ2v) is 6.83. The highest BCUT2D eigenvalue weighted by Crippen LogP contribution is 2.28. The Morgan fingerprint density at radius 3 is 2.48 bits per heavy atom. The van der Waals surface area contributed by atoms with Crippen molar-refractivity contribution in [3.05, 3.63) is 42.1 Å². The largest absolute Gasteiger partial charge is 0.370 e. The maximum Gasteiger partial charge on any atom is 0.192 e. The first-order chi connectivity index (χ1) is 11.9. The molecule has 0 amide bonds. The molecule has 3 rings (SSSR count). The molecule has 0 radical (unpaired) electrons. The number of nitrogens with one attached hydrogen (secondary N) is 1. The van der Waals surface area contributed by atoms with Crippen molar-refractivity contribution in [2.45, 2.75) is 45.1 Å². The van der Waals surface area contributed by atoms with Gasteiger partial charge in [0.1, 0.15) is 0 Å². The van der Waals surface area contributed by atoms with Crippen LogP contribution in [0.3, 0.4) is 0 Å². The molecule has 0 spiro atoms. The van der Waals surface area contributed by atoms with Gasteiger partial charge in [0.25, 0.3) is 0 Å². The van der Waals surface area contributed by atoms with Crippen LogP contribution < -0.4 is 16.8 Å². The van der Waals surface area contributed by atoms with Crippen molar-refractivity contribution in [1.82, 2.24) is 10.3 Å². The molecule has 0 bridgehead atoms. The van der Waals surface area contributed by atoms with Gasteiger partial charge in [0.05, 0.1) is 0 Å². The van der Waals surface area contributed by atoms with Gasteiger partial charge in [-0.05, 0) is 56.3 Å². The minimum Gasteiger partial charge on any atom is -0.370 e. The molecular weight excluding hydrogens is 310 g/mol. The van der Waals surface area contributed by atoms with E-state index in [4.69, 9.17) is 11.5 Å². The van der Waals surface area contributed by atoms with Crippen LogP contribution >= 0.6 is 0 Å². The van der Waals surface area contributed by atoms with Crippen LogP contribution in [0.5, 0.6) is 0 Å². The zero-order valence-electron chi connectivity index (χ0n) is 15.5. The predicted octanol–water partition coefficient (Wildman–Crippen LogP) is 3.63. The maximum atomic E-state index is 5.39. The fourth-order valence-corrected chi connectivity index (χ4v) is 3.13. The van der Waals surface area contributed by atoms with Gasteiger partial charge in [-0.15, -0.1) is 0 Å². The summed E-state index contributed by atoms with van der Waals surface area (Å²) >= 11 is 0. The first-order valence-corrected chi connectivity index (χ1v) is 8.69. The average Bonchev–Trinajstić information content (AvgIpc) is 3.05. The summed E-state index contributed by atoms with van der Waals surface area (Å²) in [5.74, 6) is 0.543. The van der Waals surface area contributed by atoms with Crippen molar-refractivity contribution in [2.24, 2.45) is 16.5 Å². The number of pyridine rings is 1. The van der Waals surface area contributed by atoms with Crippen LogP contribution in [0.1, 0.15) is 43.7 Å². The van der Waals surface area contributed by atoms with Gasteiger partial charge in [0.2, 0.25) is 0 Å². The Morgan fingerprint density at radius 2 is 1.96 bits per heavy atom. The van der Waals surface area contributed by atoms with Crippen LogP contribution in [-0.4, -0.2) is 23.5 Å². The molecule has 134 valence electrons. The maximum absolute atomic E-state index is 5.39. The molecule has 1 aliphatic rings. The fraction of sp³-hybridized carbons (Fsp3) is 0.400. The number of fused-ring (bicyclic) bond motifs is 1. The third-order valence-electron chi connectivity index (χ3n) is 4.87. The lowest BCUT2D eigenvalue weighted by atomic mass is 10.0. The van der Waals surface area contributed by atoms with Crippen molar-refractivity contribution in [1.29, 1.82) is 0 Å². The van der Waals surface area contributed by atoms with E-state index in [1.165, 1.54) is 25.7 Å². The van der Waals surface area contributed by atoms with Crippen molar-refractivity contribution in [3.63, 3.8) is 0 Å². The number of hydrogen-bond donors (Lipinski definition) is 3. The molecule has 5 heteroatoms. The van der Waals surface area contributed by atoms with Gasteiger partial charge in [-0.3, -0.25) is 0 Å². The predicted molar refractivity (Wildman–Crippen MR) is 108 cm³/mol. The second-order valence-electron chi connectivity index (χ2n) is 6.83. The average molecular weight is 339 g/mol. The zero-order chi connectivity index (χ0) is 18.4. The minimum atomic E-state index is 0.00617. The van der Waals surface area contributed by atoms with E-state index in [2.05, 4.69) is 35.8 Å². The third kappa shape index (κ3) is 4.79. The summed E-state index contributed by atoms with van der Waals surface area (Å²) < 4.78 is 0. The molecule has 0 saturated heterocycles. The van der Waals surface area contributed by atoms with Crippen LogP contribution in [0, 0.1) is 6.92 Å². The van der Waals surface area contributed by atoms with Crippen LogP contribution in [0.15, 0.2) is 36.0 Å². The van der Waals surface area contributed by atoms with Crippen molar-refractivity contribution < 1.29 is 0 Å². The Bertz CT molecular complexity index is 769. The summed E-state index contributed by atoms with van der Waals surface area (Å²) in [4.78, 5) is 8.27. The van der Waals surface area contributed by atoms with Gasteiger partial charge in [0.15, 0.2) is 11.8 Å². The number of benzene rings is 1. The molecule has 25 heavy (non-hydrogen) atoms. The normalized spacial score (nSPS) is 15.3. The third-order valence-corrected chi connectivity index (χ3v) is 4.87. The van der Waals surface area contributed by atoms with E-state index in [-0.39, 0.29) is 5.96 Å². The van der Waals surface area contributed by atoms with Crippen LogP contribution in [0.4, 0.5) is 5.82 Å². The number of aromatic nitrogens is 1. The molecule has 0 atom stereocenters. The number of rotatable bonds is 3. The molecule has 1 fully saturated rings. The quantitative estimate of drug-likeness (QED) is 0.588. The van der Waals surface area contributed by atoms with Gasteiger partial charge in [-0.2, -0.15) is 4.99 Å². The summed E-state index contributed by atoms with van der Waals surface area (Å²) in [6.45, 7) is 8.05. The first-order valence-electron chi connectivity index (χ1n) is 8.69. The Morgan fingerprint density at radius 1 is 1.28 bits per heavy atom. The fourth-order valence-electron chi connectivity index (χ4n) is 3.13. The lowest BCUT2D eigenvalue weighted by Gasteiger charge is -2.21. The SMILES string of the molecule is C=Cc1ccc2c(C)cnc(N=C(N)N)c2c1.CNC1(C)CCCC1. The van der Waals surface area contributed by atoms with E-state index < -0.39 is 0 Å². The van der Waals surface area contributed by atoms with Gasteiger partial charge < -0.3 is 16.8 Å². The summed E-state index contributed by atoms with van der Waals surface area (Å²) in [6.07, 6.45) is 9.10. The molecule has 1 aromatic heterocycles. The van der Waals surface area contributed by atoms with Gasteiger partial charge in [-0.25, -0.2) is 4.98 Å². The number of nitrogens with two attached hydrogens (primary N) is 2. The van der Waals surface area contributed by atoms with Crippen LogP contribution in [0.25, 0.3) is 16.8 Å². The van der Waals surface area contributed by atoms with E-state index in [1.54, 1.807) is 12.3 Å². The van der Waals surface area contributed by atoms with E-state index >= 15 is 0 Å². The number of aryl methyl sites for hydroxylation is 1. The second kappa shape index (κ2) is 8.12. The number of guanidine groups is 1. The molecule has 1 heterocycles. The zero-order valence-corrected chi connectivity index (χ0v) is 15.5. The highest BCUT2D eigenvalue weighted by atomic mass is 15.0. The highest BCUT2D eigenvalue weighted by molar-refractivity contribution is 5.96. The number of hydrogen-bond acceptors (Lipinski definition) is 3. The first kappa shape index (κ1) is 18.9. The Kier molecular flexibility index (Phi) is 6.15. The van der Waals surface area contributed by atoms with E-state index in [0.717, 1.165) is 21.9 Å². The van der Waals surface area contributed by atoms with Gasteiger partial charge >= 0.3 is 0 Å². The Hall–Kier alpha value is -2.40. The molecule has 1 aromatic carbocycles. The Labute approximate surface area is 150 Å². The summed E-state index contributed by atoms with van der Waals surface area (Å²) in [5, 5.41) is 5.36. The van der Waals surface area contributed by atoms with Crippen LogP contribution in [0.2, 0.25) is 0 Å². The van der Waals surface area contributed by atoms with E-state index in [1.807, 2.05) is 25.1 Å². The summed E-state index contributed by atoms with van der Waals surface area (Å²) in [5.41, 5.74) is 13.4. The molecule has 5 nitrogen and oxygen atoms in total. The van der Waals surface area contributed by atoms with Gasteiger partial charge in [-0.1, -0.05) is 37.6 Å². The van der Waals surface area contributed by atoms with Crippen molar-refractivity contribution in [3.8, 4) is 0 Å². The number of nitrogens with zero attached hydrogens (tertiary/aromatic N) is 2. The molecule has 5 N–H and O–H groups in total. The van der Waals surface area contributed by atoms with Gasteiger partial charge in [0, 0.05) is 17.1 Å². The van der Waals surface area contributed by atoms with Crippen molar-refractivity contribution in [2.75, 3.05) is 7.05 Å². The van der Waals surface area contributed by atoms with E-state index in [0.29, 0.717) is 11.4 Å². The standard InChI is InChI=1S/C13H14N4.C7H15N/c1-3-9-4-5-10-8(2)7-16-12(11(10)6-9)17-13(14)15;1-7(8-2)5-3-4-6-7/h3-7H,1H2,2H3,(H4,14,15,16,17);8H,3-6H2,1-2H3. The molecule has 2 aromatic rings. The summed E-state index contributed by atoms with van der Waals surface area (Å²) in [6, 6.07) is 6.00. The number of aliphatic imine (C=N–C) groups is 1. The lowest BCUT2D eigenvalue weighted by molar-refractivity contribution is 0.398. The molecule has 0 unspecified atom stereocenters. The molecular formula is C20H29N5. The Balaban J connectivity index is 0.000000236. The molecule has 0 aliphatic heterocycles. The topological polar surface area (TPSA) is 89.3 Å². The molecule has 1 aliphatic carbocycles.